The van der Waals surface area contributed by atoms with Crippen LogP contribution in [0.4, 0.5) is 5.69 Å². The highest BCUT2D eigenvalue weighted by Gasteiger charge is 2.20. The molecule has 0 aliphatic heterocycles. The van der Waals surface area contributed by atoms with Gasteiger partial charge in [0.1, 0.15) is 5.75 Å². The van der Waals surface area contributed by atoms with Gasteiger partial charge in [-0.3, -0.25) is 9.52 Å². The topological polar surface area (TPSA) is 75.7 Å². The van der Waals surface area contributed by atoms with Crippen LogP contribution in [0.1, 0.15) is 15.9 Å². The van der Waals surface area contributed by atoms with E-state index in [2.05, 4.69) is 4.72 Å². The number of nitrogens with one attached hydrogen (secondary N) is 1. The summed E-state index contributed by atoms with van der Waals surface area (Å²) in [5.74, 6) is 0.378. The maximum absolute atomic E-state index is 12.7. The number of amides is 1. The van der Waals surface area contributed by atoms with Gasteiger partial charge in [-0.15, -0.1) is 0 Å². The normalized spacial score (nSPS) is 11.0. The van der Waals surface area contributed by atoms with Crippen LogP contribution in [-0.4, -0.2) is 40.4 Å². The Kier molecular flexibility index (Phi) is 5.14. The molecule has 1 amide bonds. The fourth-order valence-corrected chi connectivity index (χ4v) is 3.48. The summed E-state index contributed by atoms with van der Waals surface area (Å²) in [4.78, 5) is 13.5. The van der Waals surface area contributed by atoms with Crippen LogP contribution < -0.4 is 9.46 Å². The Hall–Kier alpha value is -2.54. The number of carbonyl (C=O) groups is 1. The first-order valence-electron chi connectivity index (χ1n) is 7.24. The second kappa shape index (κ2) is 6.92. The Bertz CT molecular complexity index is 843. The lowest BCUT2D eigenvalue weighted by molar-refractivity contribution is 0.0827. The molecule has 2 aromatic rings. The number of anilines is 1. The van der Waals surface area contributed by atoms with Crippen LogP contribution in [0, 0.1) is 6.92 Å². The molecule has 0 unspecified atom stereocenters. The van der Waals surface area contributed by atoms with Gasteiger partial charge in [-0.1, -0.05) is 6.07 Å². The molecule has 2 aromatic carbocycles. The van der Waals surface area contributed by atoms with Crippen molar-refractivity contribution in [3.05, 3.63) is 53.6 Å². The molecule has 7 heteroatoms. The molecule has 0 aromatic heterocycles. The van der Waals surface area contributed by atoms with Gasteiger partial charge in [-0.2, -0.15) is 0 Å². The minimum absolute atomic E-state index is 0.0750. The van der Waals surface area contributed by atoms with Crippen molar-refractivity contribution in [3.63, 3.8) is 0 Å². The van der Waals surface area contributed by atoms with Crippen molar-refractivity contribution < 1.29 is 17.9 Å². The molecule has 0 radical (unpaired) electrons. The molecule has 0 fully saturated rings. The minimum atomic E-state index is -3.81. The molecule has 0 heterocycles. The number of sulfonamides is 1. The molecule has 24 heavy (non-hydrogen) atoms. The smallest absolute Gasteiger partial charge is 0.262 e. The van der Waals surface area contributed by atoms with Gasteiger partial charge in [0.15, 0.2) is 0 Å². The van der Waals surface area contributed by atoms with Gasteiger partial charge in [-0.25, -0.2) is 8.42 Å². The van der Waals surface area contributed by atoms with Gasteiger partial charge >= 0.3 is 0 Å². The average molecular weight is 348 g/mol. The second-order valence-electron chi connectivity index (χ2n) is 5.51. The molecule has 0 bridgehead atoms. The standard InChI is InChI=1S/C17H20N2O4S/c1-12-5-6-13(17(20)19(2)3)11-16(12)24(21,22)18-14-7-9-15(23-4)10-8-14/h5-11,18H,1-4H3. The SMILES string of the molecule is COc1ccc(NS(=O)(=O)c2cc(C(=O)N(C)C)ccc2C)cc1. The van der Waals surface area contributed by atoms with Crippen LogP contribution in [0.5, 0.6) is 5.75 Å². The summed E-state index contributed by atoms with van der Waals surface area (Å²) in [6, 6.07) is 11.2. The van der Waals surface area contributed by atoms with Crippen LogP contribution in [0.25, 0.3) is 0 Å². The summed E-state index contributed by atoms with van der Waals surface area (Å²) in [6.07, 6.45) is 0. The Morgan fingerprint density at radius 1 is 1.08 bits per heavy atom. The number of aryl methyl sites for hydroxylation is 1. The first kappa shape index (κ1) is 17.8. The maximum Gasteiger partial charge on any atom is 0.262 e. The van der Waals surface area contributed by atoms with Crippen LogP contribution in [-0.2, 0) is 10.0 Å². The van der Waals surface area contributed by atoms with Crippen molar-refractivity contribution in [3.8, 4) is 5.75 Å². The number of hydrogen-bond donors (Lipinski definition) is 1. The molecule has 1 N–H and O–H groups in total. The van der Waals surface area contributed by atoms with Crippen molar-refractivity contribution in [1.82, 2.24) is 4.90 Å². The summed E-state index contributed by atoms with van der Waals surface area (Å²) >= 11 is 0. The van der Waals surface area contributed by atoms with E-state index in [0.717, 1.165) is 0 Å². The Morgan fingerprint density at radius 2 is 1.71 bits per heavy atom. The number of hydrogen-bond acceptors (Lipinski definition) is 4. The molecule has 0 atom stereocenters. The van der Waals surface area contributed by atoms with Crippen LogP contribution in [0.2, 0.25) is 0 Å². The molecule has 0 spiro atoms. The minimum Gasteiger partial charge on any atom is -0.497 e. The van der Waals surface area contributed by atoms with E-state index < -0.39 is 10.0 Å². The highest BCUT2D eigenvalue weighted by molar-refractivity contribution is 7.92. The molecular formula is C17H20N2O4S. The Labute approximate surface area is 142 Å². The third-order valence-corrected chi connectivity index (χ3v) is 5.00. The van der Waals surface area contributed by atoms with E-state index in [0.29, 0.717) is 22.6 Å². The molecule has 2 rings (SSSR count). The highest BCUT2D eigenvalue weighted by Crippen LogP contribution is 2.22. The third-order valence-electron chi connectivity index (χ3n) is 3.47. The summed E-state index contributed by atoms with van der Waals surface area (Å²) in [5.41, 5.74) is 1.30. The van der Waals surface area contributed by atoms with Crippen molar-refractivity contribution in [2.24, 2.45) is 0 Å². The van der Waals surface area contributed by atoms with Gasteiger partial charge < -0.3 is 9.64 Å². The highest BCUT2D eigenvalue weighted by atomic mass is 32.2. The fraction of sp³-hybridized carbons (Fsp3) is 0.235. The number of benzene rings is 2. The van der Waals surface area contributed by atoms with Gasteiger partial charge in [0, 0.05) is 25.3 Å². The second-order valence-corrected chi connectivity index (χ2v) is 7.16. The lowest BCUT2D eigenvalue weighted by atomic mass is 10.1. The molecule has 128 valence electrons. The number of ether oxygens (including phenoxy) is 1. The van der Waals surface area contributed by atoms with E-state index in [9.17, 15) is 13.2 Å². The summed E-state index contributed by atoms with van der Waals surface area (Å²) < 4.78 is 32.9. The number of rotatable bonds is 5. The lowest BCUT2D eigenvalue weighted by Gasteiger charge is -2.14. The molecule has 0 saturated heterocycles. The summed E-state index contributed by atoms with van der Waals surface area (Å²) in [6.45, 7) is 1.69. The zero-order chi connectivity index (χ0) is 17.9. The van der Waals surface area contributed by atoms with E-state index in [-0.39, 0.29) is 10.8 Å². The molecule has 0 aliphatic carbocycles. The zero-order valence-corrected chi connectivity index (χ0v) is 14.8. The Balaban J connectivity index is 2.37. The number of methoxy groups -OCH3 is 1. The predicted molar refractivity (Wildman–Crippen MR) is 93.0 cm³/mol. The van der Waals surface area contributed by atoms with Gasteiger partial charge in [0.2, 0.25) is 0 Å². The zero-order valence-electron chi connectivity index (χ0n) is 14.0. The summed E-state index contributed by atoms with van der Waals surface area (Å²) in [7, 11) is 0.965. The van der Waals surface area contributed by atoms with E-state index in [1.165, 1.54) is 18.1 Å². The van der Waals surface area contributed by atoms with Crippen LogP contribution >= 0.6 is 0 Å². The number of carbonyl (C=O) groups excluding carboxylic acids is 1. The van der Waals surface area contributed by atoms with Crippen molar-refractivity contribution in [1.29, 1.82) is 0 Å². The van der Waals surface area contributed by atoms with Gasteiger partial charge in [0.05, 0.1) is 12.0 Å². The maximum atomic E-state index is 12.7. The average Bonchev–Trinajstić information content (AvgIpc) is 2.54. The third kappa shape index (κ3) is 3.86. The van der Waals surface area contributed by atoms with E-state index in [4.69, 9.17) is 4.74 Å². The fourth-order valence-electron chi connectivity index (χ4n) is 2.15. The first-order chi connectivity index (χ1) is 11.2. The van der Waals surface area contributed by atoms with E-state index >= 15 is 0 Å². The van der Waals surface area contributed by atoms with Crippen molar-refractivity contribution >= 4 is 21.6 Å². The van der Waals surface area contributed by atoms with Gasteiger partial charge in [0.25, 0.3) is 15.9 Å². The quantitative estimate of drug-likeness (QED) is 0.901. The van der Waals surface area contributed by atoms with Crippen molar-refractivity contribution in [2.45, 2.75) is 11.8 Å². The van der Waals surface area contributed by atoms with E-state index in [1.54, 1.807) is 57.4 Å². The number of nitrogens with zero attached hydrogens (tertiary/aromatic N) is 1. The largest absolute Gasteiger partial charge is 0.497 e. The molecule has 6 nitrogen and oxygen atoms in total. The molecule has 0 aliphatic rings. The summed E-state index contributed by atoms with van der Waals surface area (Å²) in [5, 5.41) is 0. The molecular weight excluding hydrogens is 328 g/mol. The predicted octanol–water partition coefficient (Wildman–Crippen LogP) is 2.51. The van der Waals surface area contributed by atoms with E-state index in [1.807, 2.05) is 0 Å². The molecule has 0 saturated carbocycles. The Morgan fingerprint density at radius 3 is 2.25 bits per heavy atom. The van der Waals surface area contributed by atoms with Gasteiger partial charge in [-0.05, 0) is 48.9 Å². The first-order valence-corrected chi connectivity index (χ1v) is 8.72. The van der Waals surface area contributed by atoms with Crippen molar-refractivity contribution in [2.75, 3.05) is 25.9 Å². The van der Waals surface area contributed by atoms with Crippen LogP contribution in [0.3, 0.4) is 0 Å². The monoisotopic (exact) mass is 348 g/mol. The lowest BCUT2D eigenvalue weighted by Crippen LogP contribution is -2.22. The van der Waals surface area contributed by atoms with Crippen LogP contribution in [0.15, 0.2) is 47.4 Å².